The van der Waals surface area contributed by atoms with Gasteiger partial charge in [-0.25, -0.2) is 4.79 Å². The molecule has 5 atom stereocenters. The van der Waals surface area contributed by atoms with Crippen LogP contribution in [0.15, 0.2) is 109 Å². The number of ketones is 1. The molecule has 2 unspecified atom stereocenters. The van der Waals surface area contributed by atoms with Crippen molar-refractivity contribution in [3.63, 3.8) is 0 Å². The highest BCUT2D eigenvalue weighted by Gasteiger charge is 2.45. The van der Waals surface area contributed by atoms with Crippen LogP contribution in [0.5, 0.6) is 11.5 Å². The van der Waals surface area contributed by atoms with Gasteiger partial charge >= 0.3 is 5.97 Å². The van der Waals surface area contributed by atoms with E-state index in [2.05, 4.69) is 26.6 Å². The summed E-state index contributed by atoms with van der Waals surface area (Å²) in [6.45, 7) is 1.02. The number of likely N-dealkylation sites (tertiary alicyclic amines) is 1. The fourth-order valence-electron chi connectivity index (χ4n) is 8.75. The minimum absolute atomic E-state index is 0.0128. The summed E-state index contributed by atoms with van der Waals surface area (Å²) in [7, 11) is 0. The van der Waals surface area contributed by atoms with Crippen LogP contribution in [0.2, 0.25) is 0 Å². The van der Waals surface area contributed by atoms with Crippen molar-refractivity contribution < 1.29 is 53.0 Å². The minimum atomic E-state index is -1.38. The molecule has 0 bridgehead atoms. The van der Waals surface area contributed by atoms with Gasteiger partial charge in [-0.05, 0) is 85.5 Å². The van der Waals surface area contributed by atoms with Crippen LogP contribution in [-0.4, -0.2) is 101 Å². The standard InChI is InChI=1S/C51H57N7O11/c1-2-15-39(44(60)49(65)54-29-41(59)56-42(45(52)61)32-16-6-3-7-17-32)55-48(64)40-26-31(28-53-46(62)34-20-14-23-36(27-34)69-35-21-10-5-11-22-35)30-58(40)50(66)43(33-18-8-4-9-19-33)57-47(63)37-24-12-13-25-38(37)51(67)68/h3,5-7,10-14,16-17,20-25,27,31,33,39-40,42-43H,2,4,8-9,15,18-19,26,28-30H2,1H3,(H2,52,61)(H,53,62)(H,54,65)(H,55,64)(H,56,59)(H,57,63)(H,67,68)/t31-,39?,40?,42-,43-/m0/s1. The number of primary amides is 1. The number of nitrogens with one attached hydrogen (secondary N) is 5. The number of nitrogens with zero attached hydrogens (tertiary/aromatic N) is 1. The number of benzene rings is 4. The molecule has 2 fully saturated rings. The van der Waals surface area contributed by atoms with Crippen molar-refractivity contribution in [3.8, 4) is 11.5 Å². The molecule has 0 spiro atoms. The Kier molecular flexibility index (Phi) is 17.7. The van der Waals surface area contributed by atoms with Crippen LogP contribution in [0.25, 0.3) is 0 Å². The van der Waals surface area contributed by atoms with Crippen molar-refractivity contribution in [2.75, 3.05) is 19.6 Å². The molecule has 4 aromatic rings. The SMILES string of the molecule is CCCC(NC(=O)C1C[C@@H](CNC(=O)c2cccc(Oc3ccccc3)c2)CN1C(=O)[C@@H](NC(=O)c1ccccc1C(=O)O)C1CCCCC1)C(=O)C(=O)NCC(=O)N[C@H](C(N)=O)c1ccccc1. The van der Waals surface area contributed by atoms with Gasteiger partial charge in [-0.2, -0.15) is 0 Å². The van der Waals surface area contributed by atoms with Gasteiger partial charge in [0.05, 0.1) is 23.7 Å². The zero-order valence-corrected chi connectivity index (χ0v) is 38.2. The predicted molar refractivity (Wildman–Crippen MR) is 252 cm³/mol. The molecule has 18 heteroatoms. The van der Waals surface area contributed by atoms with Gasteiger partial charge in [-0.15, -0.1) is 0 Å². The zero-order chi connectivity index (χ0) is 49.5. The molecule has 362 valence electrons. The van der Waals surface area contributed by atoms with E-state index in [4.69, 9.17) is 10.5 Å². The fraction of sp³-hybridized carbons (Fsp3) is 0.353. The highest BCUT2D eigenvalue weighted by atomic mass is 16.5. The van der Waals surface area contributed by atoms with Crippen LogP contribution in [0, 0.1) is 11.8 Å². The van der Waals surface area contributed by atoms with E-state index < -0.39 is 89.7 Å². The van der Waals surface area contributed by atoms with Gasteiger partial charge in [0.2, 0.25) is 29.4 Å². The molecule has 0 aromatic heterocycles. The number of hydrogen-bond donors (Lipinski definition) is 7. The average molecular weight is 944 g/mol. The predicted octanol–water partition coefficient (Wildman–Crippen LogP) is 3.82. The summed E-state index contributed by atoms with van der Waals surface area (Å²) in [6.07, 6.45) is 3.98. The fourth-order valence-corrected chi connectivity index (χ4v) is 8.75. The van der Waals surface area contributed by atoms with Crippen LogP contribution in [0.3, 0.4) is 0 Å². The number of hydrogen-bond acceptors (Lipinski definition) is 10. The number of carbonyl (C=O) groups is 9. The third-order valence-electron chi connectivity index (χ3n) is 12.2. The third-order valence-corrected chi connectivity index (χ3v) is 12.2. The summed E-state index contributed by atoms with van der Waals surface area (Å²) in [6, 6.07) is 24.5. The molecule has 69 heavy (non-hydrogen) atoms. The number of rotatable bonds is 21. The Morgan fingerprint density at radius 3 is 2.06 bits per heavy atom. The topological polar surface area (TPSA) is 272 Å². The first kappa shape index (κ1) is 50.5. The monoisotopic (exact) mass is 943 g/mol. The molecule has 1 saturated heterocycles. The van der Waals surface area contributed by atoms with Crippen LogP contribution >= 0.6 is 0 Å². The quantitative estimate of drug-likeness (QED) is 0.0590. The number of carbonyl (C=O) groups excluding carboxylic acids is 8. The van der Waals surface area contributed by atoms with E-state index in [0.29, 0.717) is 41.9 Å². The number of Topliss-reactive ketones (excluding diaryl/α,β-unsaturated/α-hetero) is 1. The van der Waals surface area contributed by atoms with Gasteiger partial charge in [0.25, 0.3) is 17.7 Å². The van der Waals surface area contributed by atoms with E-state index in [1.54, 1.807) is 73.7 Å². The lowest BCUT2D eigenvalue weighted by atomic mass is 9.83. The number of nitrogens with two attached hydrogens (primary N) is 1. The first-order valence-electron chi connectivity index (χ1n) is 23.0. The number of carboxylic acids is 1. The van der Waals surface area contributed by atoms with Crippen molar-refractivity contribution in [2.45, 2.75) is 82.5 Å². The lowest BCUT2D eigenvalue weighted by Crippen LogP contribution is -2.58. The van der Waals surface area contributed by atoms with Crippen LogP contribution < -0.4 is 37.1 Å². The van der Waals surface area contributed by atoms with Gasteiger partial charge in [0.15, 0.2) is 0 Å². The maximum atomic E-state index is 15.0. The summed E-state index contributed by atoms with van der Waals surface area (Å²) < 4.78 is 5.91. The third kappa shape index (κ3) is 13.6. The zero-order valence-electron chi connectivity index (χ0n) is 38.2. The first-order valence-corrected chi connectivity index (χ1v) is 23.0. The summed E-state index contributed by atoms with van der Waals surface area (Å²) in [4.78, 5) is 122. The molecular formula is C51H57N7O11. The lowest BCUT2D eigenvalue weighted by Gasteiger charge is -2.35. The van der Waals surface area contributed by atoms with E-state index in [0.717, 1.165) is 19.3 Å². The van der Waals surface area contributed by atoms with Crippen molar-refractivity contribution in [1.82, 2.24) is 31.5 Å². The van der Waals surface area contributed by atoms with E-state index >= 15 is 0 Å². The average Bonchev–Trinajstić information content (AvgIpc) is 3.80. The number of carboxylic acid groups (broad SMARTS) is 1. The van der Waals surface area contributed by atoms with Gasteiger partial charge in [-0.1, -0.05) is 99.3 Å². The molecular weight excluding hydrogens is 887 g/mol. The van der Waals surface area contributed by atoms with E-state index in [-0.39, 0.29) is 43.0 Å². The van der Waals surface area contributed by atoms with Gasteiger partial charge in [-0.3, -0.25) is 38.4 Å². The van der Waals surface area contributed by atoms with Gasteiger partial charge in [0.1, 0.15) is 29.6 Å². The van der Waals surface area contributed by atoms with Crippen molar-refractivity contribution >= 4 is 53.1 Å². The Labute approximate surface area is 399 Å². The Hall–Kier alpha value is -7.89. The second-order valence-corrected chi connectivity index (χ2v) is 17.2. The second-order valence-electron chi connectivity index (χ2n) is 17.2. The maximum Gasteiger partial charge on any atom is 0.336 e. The summed E-state index contributed by atoms with van der Waals surface area (Å²) in [5.74, 6) is -7.67. The normalized spacial score (nSPS) is 17.0. The van der Waals surface area contributed by atoms with Crippen LogP contribution in [0.4, 0.5) is 0 Å². The van der Waals surface area contributed by atoms with Crippen molar-refractivity contribution in [3.05, 3.63) is 131 Å². The molecule has 6 rings (SSSR count). The number of aromatic carboxylic acids is 1. The number of ether oxygens (including phenoxy) is 1. The molecule has 1 aliphatic carbocycles. The Morgan fingerprint density at radius 1 is 0.739 bits per heavy atom. The maximum absolute atomic E-state index is 15.0. The number of amides is 7. The summed E-state index contributed by atoms with van der Waals surface area (Å²) in [5, 5.41) is 22.9. The largest absolute Gasteiger partial charge is 0.478 e. The van der Waals surface area contributed by atoms with E-state index in [1.807, 2.05) is 18.2 Å². The first-order chi connectivity index (χ1) is 33.2. The second kappa shape index (κ2) is 24.2. The molecule has 1 heterocycles. The Balaban J connectivity index is 1.20. The van der Waals surface area contributed by atoms with Crippen LogP contribution in [0.1, 0.15) is 101 Å². The molecule has 2 aliphatic rings. The highest BCUT2D eigenvalue weighted by Crippen LogP contribution is 2.32. The Bertz CT molecular complexity index is 2520. The Morgan fingerprint density at radius 2 is 1.39 bits per heavy atom. The molecule has 8 N–H and O–H groups in total. The lowest BCUT2D eigenvalue weighted by molar-refractivity contribution is -0.143. The van der Waals surface area contributed by atoms with Crippen LogP contribution in [-0.2, 0) is 28.8 Å². The summed E-state index contributed by atoms with van der Waals surface area (Å²) in [5.41, 5.74) is 5.81. The highest BCUT2D eigenvalue weighted by molar-refractivity contribution is 6.38. The van der Waals surface area contributed by atoms with E-state index in [9.17, 15) is 48.3 Å². The number of para-hydroxylation sites is 1. The van der Waals surface area contributed by atoms with Crippen molar-refractivity contribution in [1.29, 1.82) is 0 Å². The van der Waals surface area contributed by atoms with E-state index in [1.165, 1.54) is 29.2 Å². The van der Waals surface area contributed by atoms with Gasteiger partial charge in [0, 0.05) is 18.7 Å². The molecule has 1 aliphatic heterocycles. The minimum Gasteiger partial charge on any atom is -0.478 e. The van der Waals surface area contributed by atoms with Crippen molar-refractivity contribution in [2.24, 2.45) is 17.6 Å². The molecule has 18 nitrogen and oxygen atoms in total. The molecule has 7 amide bonds. The molecule has 1 saturated carbocycles. The molecule has 4 aromatic carbocycles. The molecule has 0 radical (unpaired) electrons. The summed E-state index contributed by atoms with van der Waals surface area (Å²) >= 11 is 0. The van der Waals surface area contributed by atoms with Gasteiger partial charge < -0.3 is 47.1 Å². The smallest absolute Gasteiger partial charge is 0.336 e.